The molecule has 1 aliphatic carbocycles. The van der Waals surface area contributed by atoms with E-state index < -0.39 is 0 Å². The number of benzene rings is 5. The Labute approximate surface area is 230 Å². The number of nitrogens with zero attached hydrogens (tertiary/aromatic N) is 2. The van der Waals surface area contributed by atoms with Crippen LogP contribution in [0.4, 0.5) is 5.69 Å². The second-order valence-corrected chi connectivity index (χ2v) is 10.4. The Morgan fingerprint density at radius 3 is 2.05 bits per heavy atom. The van der Waals surface area contributed by atoms with Gasteiger partial charge in [0.2, 0.25) is 0 Å². The molecule has 40 heavy (non-hydrogen) atoms. The molecule has 2 heterocycles. The van der Waals surface area contributed by atoms with E-state index in [4.69, 9.17) is 0 Å². The fourth-order valence-corrected chi connectivity index (χ4v) is 6.44. The molecule has 6 aromatic rings. The number of carbonyl (C=O) groups excluding carboxylic acids is 2. The van der Waals surface area contributed by atoms with Crippen LogP contribution < -0.4 is 15.3 Å². The summed E-state index contributed by atoms with van der Waals surface area (Å²) < 4.78 is 2.30. The van der Waals surface area contributed by atoms with Gasteiger partial charge in [0.25, 0.3) is 11.8 Å². The van der Waals surface area contributed by atoms with Crippen molar-refractivity contribution in [2.45, 2.75) is 12.8 Å². The standard InChI is InChI=1S/C36H24N2O2/c39-35-29-16-9-15-28-26(19-20-30(34(28)29)36(40)38(35)25-12-5-2-6-13-25)23-18-21-33-31(22-23)27-14-7-8-17-32(27)37(33)24-10-3-1-4-11-24/h1-8,10-15,17-22H,9,16H2. The van der Waals surface area contributed by atoms with E-state index in [9.17, 15) is 9.59 Å². The van der Waals surface area contributed by atoms with Crippen molar-refractivity contribution >= 4 is 51.0 Å². The van der Waals surface area contributed by atoms with E-state index in [0.717, 1.165) is 50.3 Å². The van der Waals surface area contributed by atoms with Crippen LogP contribution in [0.25, 0.3) is 50.3 Å². The maximum absolute atomic E-state index is 13.7. The number of aromatic nitrogens is 1. The molecule has 0 fully saturated rings. The molecule has 0 radical (unpaired) electrons. The average Bonchev–Trinajstić information content (AvgIpc) is 3.34. The zero-order valence-corrected chi connectivity index (χ0v) is 21.7. The number of imide groups is 1. The highest BCUT2D eigenvalue weighted by molar-refractivity contribution is 6.36. The summed E-state index contributed by atoms with van der Waals surface area (Å²) in [5, 5.41) is 4.15. The molecule has 1 aliphatic heterocycles. The van der Waals surface area contributed by atoms with Crippen LogP contribution in [0.5, 0.6) is 0 Å². The highest BCUT2D eigenvalue weighted by Crippen LogP contribution is 2.35. The third kappa shape index (κ3) is 3.20. The zero-order chi connectivity index (χ0) is 26.8. The topological polar surface area (TPSA) is 42.3 Å². The summed E-state index contributed by atoms with van der Waals surface area (Å²) in [6.07, 6.45) is 3.58. The van der Waals surface area contributed by atoms with Crippen LogP contribution in [-0.4, -0.2) is 16.4 Å². The van der Waals surface area contributed by atoms with Gasteiger partial charge in [0, 0.05) is 32.8 Å². The van der Waals surface area contributed by atoms with E-state index in [1.807, 2.05) is 48.5 Å². The SMILES string of the molecule is O=C1C2=c3c(ccc(-c4ccc5c(c4)c4ccccc4n5-c4ccccc4)c3=CCC2)C(=O)N1c1ccccc1. The number of hydrogen-bond donors (Lipinski definition) is 0. The fraction of sp³-hybridized carbons (Fsp3) is 0.0556. The Morgan fingerprint density at radius 1 is 0.575 bits per heavy atom. The van der Waals surface area contributed by atoms with Crippen molar-refractivity contribution in [3.8, 4) is 16.8 Å². The molecule has 5 aromatic carbocycles. The maximum Gasteiger partial charge on any atom is 0.265 e. The van der Waals surface area contributed by atoms with Crippen LogP contribution >= 0.6 is 0 Å². The molecule has 8 rings (SSSR count). The van der Waals surface area contributed by atoms with Gasteiger partial charge in [0.1, 0.15) is 0 Å². The summed E-state index contributed by atoms with van der Waals surface area (Å²) in [5.41, 5.74) is 7.46. The molecule has 0 atom stereocenters. The fourth-order valence-electron chi connectivity index (χ4n) is 6.44. The number of hydrogen-bond acceptors (Lipinski definition) is 2. The van der Waals surface area contributed by atoms with Crippen molar-refractivity contribution in [2.24, 2.45) is 0 Å². The molecule has 0 bridgehead atoms. The van der Waals surface area contributed by atoms with Crippen molar-refractivity contribution in [1.29, 1.82) is 0 Å². The quantitative estimate of drug-likeness (QED) is 0.257. The third-order valence-electron chi connectivity index (χ3n) is 8.20. The minimum absolute atomic E-state index is 0.211. The van der Waals surface area contributed by atoms with E-state index in [1.165, 1.54) is 15.7 Å². The lowest BCUT2D eigenvalue weighted by atomic mass is 9.87. The molecule has 4 nitrogen and oxygen atoms in total. The normalized spacial score (nSPS) is 14.5. The molecule has 2 aliphatic rings. The minimum atomic E-state index is -0.264. The predicted octanol–water partition coefficient (Wildman–Crippen LogP) is 6.36. The summed E-state index contributed by atoms with van der Waals surface area (Å²) in [5.74, 6) is -0.476. The molecule has 4 heteroatoms. The molecule has 0 spiro atoms. The summed E-state index contributed by atoms with van der Waals surface area (Å²) in [6, 6.07) is 38.7. The largest absolute Gasteiger partial charge is 0.309 e. The van der Waals surface area contributed by atoms with E-state index in [2.05, 4.69) is 77.4 Å². The molecule has 0 saturated heterocycles. The van der Waals surface area contributed by atoms with Gasteiger partial charge in [-0.2, -0.15) is 0 Å². The first-order valence-electron chi connectivity index (χ1n) is 13.6. The summed E-state index contributed by atoms with van der Waals surface area (Å²) in [4.78, 5) is 28.7. The van der Waals surface area contributed by atoms with E-state index >= 15 is 0 Å². The van der Waals surface area contributed by atoms with Gasteiger partial charge in [0.15, 0.2) is 0 Å². The van der Waals surface area contributed by atoms with Crippen molar-refractivity contribution in [2.75, 3.05) is 4.90 Å². The zero-order valence-electron chi connectivity index (χ0n) is 21.7. The van der Waals surface area contributed by atoms with Crippen LogP contribution in [0, 0.1) is 0 Å². The Morgan fingerprint density at radius 2 is 1.25 bits per heavy atom. The number of carbonyl (C=O) groups is 2. The summed E-state index contributed by atoms with van der Waals surface area (Å²) in [6.45, 7) is 0. The van der Waals surface area contributed by atoms with E-state index in [-0.39, 0.29) is 11.8 Å². The molecular formula is C36H24N2O2. The predicted molar refractivity (Wildman–Crippen MR) is 161 cm³/mol. The second kappa shape index (κ2) is 8.65. The van der Waals surface area contributed by atoms with Gasteiger partial charge in [-0.25, -0.2) is 4.90 Å². The Balaban J connectivity index is 1.35. The van der Waals surface area contributed by atoms with Gasteiger partial charge in [-0.3, -0.25) is 9.59 Å². The van der Waals surface area contributed by atoms with Gasteiger partial charge in [-0.15, -0.1) is 0 Å². The number of anilines is 1. The Hall–Kier alpha value is -5.22. The van der Waals surface area contributed by atoms with Crippen LogP contribution in [0.2, 0.25) is 0 Å². The number of fused-ring (bicyclic) bond motifs is 3. The Bertz CT molecular complexity index is 2140. The lowest BCUT2D eigenvalue weighted by molar-refractivity contribution is -0.113. The van der Waals surface area contributed by atoms with Crippen LogP contribution in [-0.2, 0) is 4.79 Å². The molecule has 0 N–H and O–H groups in total. The molecule has 1 aromatic heterocycles. The highest BCUT2D eigenvalue weighted by Gasteiger charge is 2.34. The molecule has 0 unspecified atom stereocenters. The third-order valence-corrected chi connectivity index (χ3v) is 8.20. The molecule has 2 amide bonds. The number of amides is 2. The highest BCUT2D eigenvalue weighted by atomic mass is 16.2. The molecule has 0 saturated carbocycles. The van der Waals surface area contributed by atoms with Gasteiger partial charge in [0.05, 0.1) is 16.7 Å². The van der Waals surface area contributed by atoms with Crippen LogP contribution in [0.1, 0.15) is 23.2 Å². The summed E-state index contributed by atoms with van der Waals surface area (Å²) >= 11 is 0. The minimum Gasteiger partial charge on any atom is -0.309 e. The second-order valence-electron chi connectivity index (χ2n) is 10.4. The molecular weight excluding hydrogens is 492 g/mol. The first-order chi connectivity index (χ1) is 19.7. The van der Waals surface area contributed by atoms with Crippen molar-refractivity contribution in [3.05, 3.63) is 131 Å². The van der Waals surface area contributed by atoms with Gasteiger partial charge in [-0.05, 0) is 77.7 Å². The molecule has 190 valence electrons. The smallest absolute Gasteiger partial charge is 0.265 e. The van der Waals surface area contributed by atoms with Gasteiger partial charge < -0.3 is 4.57 Å². The monoisotopic (exact) mass is 516 g/mol. The Kier molecular flexibility index (Phi) is 4.92. The van der Waals surface area contributed by atoms with Crippen molar-refractivity contribution in [3.63, 3.8) is 0 Å². The first-order valence-corrected chi connectivity index (χ1v) is 13.6. The lowest BCUT2D eigenvalue weighted by Gasteiger charge is -2.28. The average molecular weight is 517 g/mol. The van der Waals surface area contributed by atoms with Crippen LogP contribution in [0.15, 0.2) is 115 Å². The van der Waals surface area contributed by atoms with Gasteiger partial charge in [-0.1, -0.05) is 72.8 Å². The lowest BCUT2D eigenvalue weighted by Crippen LogP contribution is -2.51. The van der Waals surface area contributed by atoms with Crippen molar-refractivity contribution < 1.29 is 9.59 Å². The van der Waals surface area contributed by atoms with E-state index in [0.29, 0.717) is 17.7 Å². The summed E-state index contributed by atoms with van der Waals surface area (Å²) in [7, 11) is 0. The van der Waals surface area contributed by atoms with Gasteiger partial charge >= 0.3 is 0 Å². The first kappa shape index (κ1) is 22.7. The maximum atomic E-state index is 13.7. The van der Waals surface area contributed by atoms with Crippen molar-refractivity contribution in [1.82, 2.24) is 4.57 Å². The van der Waals surface area contributed by atoms with E-state index in [1.54, 1.807) is 0 Å². The number of para-hydroxylation sites is 3. The van der Waals surface area contributed by atoms with Crippen LogP contribution in [0.3, 0.4) is 0 Å². The number of rotatable bonds is 3.